The second-order valence-corrected chi connectivity index (χ2v) is 5.03. The van der Waals surface area contributed by atoms with Crippen LogP contribution in [0.1, 0.15) is 17.9 Å². The lowest BCUT2D eigenvalue weighted by Crippen LogP contribution is -2.13. The standard InChI is InChI=1S/C14H18N4/c1-18-7-6-10(9-18)11-4-2-3-5-12(11)13-8-16-17-14(13)15/h2-5,8,10H,6-7,9H2,1H3,(H3,15,16,17). The maximum atomic E-state index is 5.94. The summed E-state index contributed by atoms with van der Waals surface area (Å²) in [7, 11) is 2.18. The van der Waals surface area contributed by atoms with E-state index >= 15 is 0 Å². The van der Waals surface area contributed by atoms with Gasteiger partial charge in [0.15, 0.2) is 0 Å². The first-order chi connectivity index (χ1) is 8.75. The second kappa shape index (κ2) is 4.46. The molecule has 4 nitrogen and oxygen atoms in total. The lowest BCUT2D eigenvalue weighted by Gasteiger charge is -2.15. The molecule has 1 aromatic heterocycles. The highest BCUT2D eigenvalue weighted by molar-refractivity contribution is 5.76. The molecule has 1 unspecified atom stereocenters. The number of nitrogen functional groups attached to an aromatic ring is 1. The highest BCUT2D eigenvalue weighted by Gasteiger charge is 2.24. The van der Waals surface area contributed by atoms with Gasteiger partial charge >= 0.3 is 0 Å². The number of aromatic amines is 1. The Hall–Kier alpha value is -1.81. The van der Waals surface area contributed by atoms with Gasteiger partial charge in [0.1, 0.15) is 5.82 Å². The molecule has 3 rings (SSSR count). The first-order valence-electron chi connectivity index (χ1n) is 6.32. The largest absolute Gasteiger partial charge is 0.384 e. The Kier molecular flexibility index (Phi) is 2.80. The van der Waals surface area contributed by atoms with Gasteiger partial charge in [-0.1, -0.05) is 24.3 Å². The van der Waals surface area contributed by atoms with Crippen molar-refractivity contribution in [2.45, 2.75) is 12.3 Å². The third-order valence-corrected chi connectivity index (χ3v) is 3.75. The number of H-pyrrole nitrogens is 1. The highest BCUT2D eigenvalue weighted by Crippen LogP contribution is 2.35. The molecular weight excluding hydrogens is 224 g/mol. The normalized spacial score (nSPS) is 20.4. The molecule has 0 radical (unpaired) electrons. The Morgan fingerprint density at radius 2 is 2.17 bits per heavy atom. The number of benzene rings is 1. The summed E-state index contributed by atoms with van der Waals surface area (Å²) in [4.78, 5) is 2.38. The van der Waals surface area contributed by atoms with Crippen LogP contribution in [0.5, 0.6) is 0 Å². The molecule has 2 aromatic rings. The molecule has 0 amide bonds. The van der Waals surface area contributed by atoms with Crippen LogP contribution in [0.3, 0.4) is 0 Å². The number of anilines is 1. The zero-order chi connectivity index (χ0) is 12.5. The molecule has 0 bridgehead atoms. The number of hydrogen-bond donors (Lipinski definition) is 2. The second-order valence-electron chi connectivity index (χ2n) is 5.03. The van der Waals surface area contributed by atoms with Gasteiger partial charge in [0, 0.05) is 12.1 Å². The first kappa shape index (κ1) is 11.3. The summed E-state index contributed by atoms with van der Waals surface area (Å²) in [6.07, 6.45) is 3.03. The number of rotatable bonds is 2. The molecule has 1 aliphatic rings. The van der Waals surface area contributed by atoms with E-state index in [0.717, 1.165) is 12.1 Å². The molecule has 0 saturated carbocycles. The summed E-state index contributed by atoms with van der Waals surface area (Å²) in [5.74, 6) is 1.24. The van der Waals surface area contributed by atoms with Crippen molar-refractivity contribution in [1.29, 1.82) is 0 Å². The van der Waals surface area contributed by atoms with Crippen LogP contribution in [-0.4, -0.2) is 35.2 Å². The van der Waals surface area contributed by atoms with Crippen molar-refractivity contribution in [3.8, 4) is 11.1 Å². The predicted molar refractivity (Wildman–Crippen MR) is 73.3 cm³/mol. The fourth-order valence-corrected chi connectivity index (χ4v) is 2.80. The van der Waals surface area contributed by atoms with Crippen LogP contribution in [0.15, 0.2) is 30.5 Å². The molecule has 18 heavy (non-hydrogen) atoms. The molecule has 0 spiro atoms. The van der Waals surface area contributed by atoms with Gasteiger partial charge in [-0.25, -0.2) is 0 Å². The average Bonchev–Trinajstić information content (AvgIpc) is 2.98. The van der Waals surface area contributed by atoms with E-state index in [1.165, 1.54) is 24.1 Å². The number of aromatic nitrogens is 2. The molecule has 3 N–H and O–H groups in total. The van der Waals surface area contributed by atoms with Crippen molar-refractivity contribution in [1.82, 2.24) is 15.1 Å². The number of likely N-dealkylation sites (N-methyl/N-ethyl adjacent to an activating group) is 1. The smallest absolute Gasteiger partial charge is 0.126 e. The van der Waals surface area contributed by atoms with Crippen LogP contribution in [0, 0.1) is 0 Å². The van der Waals surface area contributed by atoms with E-state index in [1.54, 1.807) is 0 Å². The average molecular weight is 242 g/mol. The fraction of sp³-hybridized carbons (Fsp3) is 0.357. The lowest BCUT2D eigenvalue weighted by atomic mass is 9.91. The Morgan fingerprint density at radius 1 is 1.33 bits per heavy atom. The third-order valence-electron chi connectivity index (χ3n) is 3.75. The SMILES string of the molecule is CN1CCC(c2ccccc2-c2cn[nH]c2N)C1. The molecule has 1 fully saturated rings. The van der Waals surface area contributed by atoms with E-state index < -0.39 is 0 Å². The van der Waals surface area contributed by atoms with Crippen LogP contribution in [0.2, 0.25) is 0 Å². The molecule has 0 aliphatic carbocycles. The summed E-state index contributed by atoms with van der Waals surface area (Å²) in [5.41, 5.74) is 9.55. The minimum absolute atomic E-state index is 0.598. The fourth-order valence-electron chi connectivity index (χ4n) is 2.80. The zero-order valence-corrected chi connectivity index (χ0v) is 10.6. The Bertz CT molecular complexity index is 546. The van der Waals surface area contributed by atoms with E-state index in [0.29, 0.717) is 11.7 Å². The van der Waals surface area contributed by atoms with Gasteiger partial charge < -0.3 is 10.6 Å². The quantitative estimate of drug-likeness (QED) is 0.847. The van der Waals surface area contributed by atoms with Crippen molar-refractivity contribution in [2.75, 3.05) is 25.9 Å². The van der Waals surface area contributed by atoms with Crippen molar-refractivity contribution < 1.29 is 0 Å². The van der Waals surface area contributed by atoms with Gasteiger partial charge in [-0.3, -0.25) is 5.10 Å². The van der Waals surface area contributed by atoms with E-state index in [1.807, 2.05) is 6.20 Å². The molecule has 1 aliphatic heterocycles. The Morgan fingerprint density at radius 3 is 2.83 bits per heavy atom. The van der Waals surface area contributed by atoms with Gasteiger partial charge in [-0.05, 0) is 37.1 Å². The van der Waals surface area contributed by atoms with Gasteiger partial charge in [0.25, 0.3) is 0 Å². The van der Waals surface area contributed by atoms with Gasteiger partial charge in [0.2, 0.25) is 0 Å². The van der Waals surface area contributed by atoms with Crippen molar-refractivity contribution in [2.24, 2.45) is 0 Å². The highest BCUT2D eigenvalue weighted by atomic mass is 15.1. The monoisotopic (exact) mass is 242 g/mol. The lowest BCUT2D eigenvalue weighted by molar-refractivity contribution is 0.411. The van der Waals surface area contributed by atoms with Crippen molar-refractivity contribution >= 4 is 5.82 Å². The Balaban J connectivity index is 2.03. The zero-order valence-electron chi connectivity index (χ0n) is 10.6. The van der Waals surface area contributed by atoms with Crippen LogP contribution < -0.4 is 5.73 Å². The molecular formula is C14H18N4. The van der Waals surface area contributed by atoms with Crippen LogP contribution >= 0.6 is 0 Å². The number of likely N-dealkylation sites (tertiary alicyclic amines) is 1. The van der Waals surface area contributed by atoms with Crippen LogP contribution in [-0.2, 0) is 0 Å². The predicted octanol–water partition coefficient (Wildman–Crippen LogP) is 2.08. The van der Waals surface area contributed by atoms with E-state index in [4.69, 9.17) is 5.73 Å². The third kappa shape index (κ3) is 1.88. The molecule has 94 valence electrons. The summed E-state index contributed by atoms with van der Waals surface area (Å²) in [5, 5.41) is 6.83. The molecule has 4 heteroatoms. The van der Waals surface area contributed by atoms with E-state index in [2.05, 4.69) is 46.4 Å². The molecule has 1 aromatic carbocycles. The summed E-state index contributed by atoms with van der Waals surface area (Å²) >= 11 is 0. The first-order valence-corrected chi connectivity index (χ1v) is 6.32. The minimum Gasteiger partial charge on any atom is -0.384 e. The summed E-state index contributed by atoms with van der Waals surface area (Å²) in [6.45, 7) is 2.29. The van der Waals surface area contributed by atoms with Crippen LogP contribution in [0.4, 0.5) is 5.82 Å². The molecule has 2 heterocycles. The Labute approximate surface area is 107 Å². The number of hydrogen-bond acceptors (Lipinski definition) is 3. The van der Waals surface area contributed by atoms with Gasteiger partial charge in [-0.2, -0.15) is 5.10 Å². The molecule has 1 atom stereocenters. The van der Waals surface area contributed by atoms with Gasteiger partial charge in [-0.15, -0.1) is 0 Å². The van der Waals surface area contributed by atoms with Crippen molar-refractivity contribution in [3.63, 3.8) is 0 Å². The minimum atomic E-state index is 0.598. The topological polar surface area (TPSA) is 57.9 Å². The van der Waals surface area contributed by atoms with Crippen molar-refractivity contribution in [3.05, 3.63) is 36.0 Å². The van der Waals surface area contributed by atoms with Crippen LogP contribution in [0.25, 0.3) is 11.1 Å². The molecule has 1 saturated heterocycles. The maximum Gasteiger partial charge on any atom is 0.126 e. The number of nitrogens with two attached hydrogens (primary N) is 1. The van der Waals surface area contributed by atoms with Gasteiger partial charge in [0.05, 0.1) is 6.20 Å². The number of nitrogens with one attached hydrogen (secondary N) is 1. The summed E-state index contributed by atoms with van der Waals surface area (Å²) < 4.78 is 0. The number of nitrogens with zero attached hydrogens (tertiary/aromatic N) is 2. The summed E-state index contributed by atoms with van der Waals surface area (Å²) in [6, 6.07) is 8.51. The van der Waals surface area contributed by atoms with E-state index in [-0.39, 0.29) is 0 Å². The van der Waals surface area contributed by atoms with E-state index in [9.17, 15) is 0 Å². The maximum absolute atomic E-state index is 5.94.